The zero-order valence-corrected chi connectivity index (χ0v) is 17.2. The first-order valence-corrected chi connectivity index (χ1v) is 10.9. The lowest BCUT2D eigenvalue weighted by Gasteiger charge is -2.17. The van der Waals surface area contributed by atoms with Crippen LogP contribution in [0, 0.1) is 12.8 Å². The molecule has 0 bridgehead atoms. The number of rotatable bonds is 6. The molecule has 3 heterocycles. The van der Waals surface area contributed by atoms with Crippen LogP contribution in [0.4, 0.5) is 5.82 Å². The van der Waals surface area contributed by atoms with Crippen molar-refractivity contribution in [1.29, 1.82) is 0 Å². The highest BCUT2D eigenvalue weighted by Crippen LogP contribution is 2.33. The van der Waals surface area contributed by atoms with Gasteiger partial charge in [-0.05, 0) is 74.4 Å². The number of nitrogens with zero attached hydrogens (tertiary/aromatic N) is 5. The Labute approximate surface area is 174 Å². The molecule has 1 saturated carbocycles. The lowest BCUT2D eigenvalue weighted by atomic mass is 10.1. The maximum absolute atomic E-state index is 10.5. The predicted molar refractivity (Wildman–Crippen MR) is 114 cm³/mol. The van der Waals surface area contributed by atoms with E-state index in [9.17, 15) is 5.11 Å². The van der Waals surface area contributed by atoms with Crippen molar-refractivity contribution in [3.05, 3.63) is 36.2 Å². The van der Waals surface area contributed by atoms with Crippen molar-refractivity contribution in [2.75, 3.05) is 24.5 Å². The van der Waals surface area contributed by atoms with Gasteiger partial charge in [0, 0.05) is 30.3 Å². The SMILES string of the molecule is Cc1nsc(-c2ccc(-c3ccc(N4CC[C@@H](NCC5CC5)C4)nn3)c(O)c2)n1. The summed E-state index contributed by atoms with van der Waals surface area (Å²) in [4.78, 5) is 6.65. The molecule has 3 aromatic rings. The maximum atomic E-state index is 10.5. The number of aromatic hydroxyl groups is 1. The van der Waals surface area contributed by atoms with Gasteiger partial charge in [0.1, 0.15) is 16.6 Å². The van der Waals surface area contributed by atoms with Crippen LogP contribution in [0.3, 0.4) is 0 Å². The molecule has 7 nitrogen and oxygen atoms in total. The summed E-state index contributed by atoms with van der Waals surface area (Å²) in [6, 6.07) is 9.96. The van der Waals surface area contributed by atoms with Gasteiger partial charge < -0.3 is 15.3 Å². The van der Waals surface area contributed by atoms with E-state index in [-0.39, 0.29) is 5.75 Å². The summed E-state index contributed by atoms with van der Waals surface area (Å²) in [6.45, 7) is 4.98. The summed E-state index contributed by atoms with van der Waals surface area (Å²) in [7, 11) is 0. The molecule has 1 saturated heterocycles. The molecule has 29 heavy (non-hydrogen) atoms. The van der Waals surface area contributed by atoms with Crippen LogP contribution in [-0.2, 0) is 0 Å². The van der Waals surface area contributed by atoms with E-state index in [1.54, 1.807) is 6.07 Å². The van der Waals surface area contributed by atoms with Gasteiger partial charge in [0.25, 0.3) is 0 Å². The zero-order chi connectivity index (χ0) is 19.8. The van der Waals surface area contributed by atoms with E-state index in [1.807, 2.05) is 31.2 Å². The van der Waals surface area contributed by atoms with E-state index in [4.69, 9.17) is 0 Å². The Hall–Kier alpha value is -2.58. The molecule has 5 rings (SSSR count). The van der Waals surface area contributed by atoms with Crippen LogP contribution < -0.4 is 10.2 Å². The van der Waals surface area contributed by atoms with Gasteiger partial charge in [0.2, 0.25) is 0 Å². The fourth-order valence-corrected chi connectivity index (χ4v) is 4.39. The van der Waals surface area contributed by atoms with E-state index < -0.39 is 0 Å². The van der Waals surface area contributed by atoms with Gasteiger partial charge in [0.05, 0.1) is 5.69 Å². The fourth-order valence-electron chi connectivity index (χ4n) is 3.72. The minimum atomic E-state index is 0.169. The number of aryl methyl sites for hydroxylation is 1. The van der Waals surface area contributed by atoms with Gasteiger partial charge >= 0.3 is 0 Å². The molecular formula is C21H24N6OS. The Bertz CT molecular complexity index is 1000. The van der Waals surface area contributed by atoms with Crippen molar-refractivity contribution in [1.82, 2.24) is 24.9 Å². The highest BCUT2D eigenvalue weighted by atomic mass is 32.1. The van der Waals surface area contributed by atoms with E-state index in [0.717, 1.165) is 54.2 Å². The fraction of sp³-hybridized carbons (Fsp3) is 0.429. The summed E-state index contributed by atoms with van der Waals surface area (Å²) in [6.07, 6.45) is 3.90. The molecule has 1 atom stereocenters. The third-order valence-corrected chi connectivity index (χ3v) is 6.46. The Kier molecular flexibility index (Phi) is 4.89. The Morgan fingerprint density at radius 2 is 2.07 bits per heavy atom. The molecule has 0 spiro atoms. The van der Waals surface area contributed by atoms with E-state index >= 15 is 0 Å². The quantitative estimate of drug-likeness (QED) is 0.647. The van der Waals surface area contributed by atoms with Crippen molar-refractivity contribution in [3.63, 3.8) is 0 Å². The first kappa shape index (κ1) is 18.4. The van der Waals surface area contributed by atoms with Crippen LogP contribution >= 0.6 is 11.5 Å². The molecule has 0 unspecified atom stereocenters. The van der Waals surface area contributed by atoms with Crippen LogP contribution in [0.15, 0.2) is 30.3 Å². The van der Waals surface area contributed by atoms with Crippen molar-refractivity contribution < 1.29 is 5.11 Å². The van der Waals surface area contributed by atoms with Crippen LogP contribution in [0.5, 0.6) is 5.75 Å². The van der Waals surface area contributed by atoms with Gasteiger partial charge in [-0.2, -0.15) is 4.37 Å². The standard InChI is InChI=1S/C21H24N6OS/c1-13-23-21(29-26-13)15-4-5-17(19(28)10-15)18-6-7-20(25-24-18)27-9-8-16(12-27)22-11-14-2-3-14/h4-7,10,14,16,22,28H,2-3,8-9,11-12H2,1H3/t16-/m1/s1. The summed E-state index contributed by atoms with van der Waals surface area (Å²) < 4.78 is 4.20. The number of benzene rings is 1. The summed E-state index contributed by atoms with van der Waals surface area (Å²) in [5, 5.41) is 23.8. The monoisotopic (exact) mass is 408 g/mol. The second-order valence-electron chi connectivity index (χ2n) is 7.94. The molecule has 2 fully saturated rings. The third kappa shape index (κ3) is 4.09. The zero-order valence-electron chi connectivity index (χ0n) is 16.4. The van der Waals surface area contributed by atoms with Crippen molar-refractivity contribution in [2.24, 2.45) is 5.92 Å². The molecule has 1 aliphatic heterocycles. The van der Waals surface area contributed by atoms with E-state index in [1.165, 1.54) is 24.4 Å². The number of hydrogen-bond acceptors (Lipinski definition) is 8. The van der Waals surface area contributed by atoms with Gasteiger partial charge in [-0.25, -0.2) is 4.98 Å². The van der Waals surface area contributed by atoms with Gasteiger partial charge in [-0.1, -0.05) is 6.07 Å². The van der Waals surface area contributed by atoms with Gasteiger partial charge in [-0.15, -0.1) is 10.2 Å². The Morgan fingerprint density at radius 1 is 1.17 bits per heavy atom. The van der Waals surface area contributed by atoms with Crippen LogP contribution in [0.25, 0.3) is 21.8 Å². The molecule has 0 radical (unpaired) electrons. The van der Waals surface area contributed by atoms with Crippen LogP contribution in [-0.4, -0.2) is 50.3 Å². The van der Waals surface area contributed by atoms with Crippen molar-refractivity contribution >= 4 is 17.4 Å². The topological polar surface area (TPSA) is 87.1 Å². The highest BCUT2D eigenvalue weighted by molar-refractivity contribution is 7.09. The molecule has 2 N–H and O–H groups in total. The third-order valence-electron chi connectivity index (χ3n) is 5.60. The normalized spacial score (nSPS) is 19.1. The number of anilines is 1. The average Bonchev–Trinajstić information content (AvgIpc) is 3.26. The first-order valence-electron chi connectivity index (χ1n) is 10.1. The van der Waals surface area contributed by atoms with Gasteiger partial charge in [-0.3, -0.25) is 0 Å². The number of phenols is 1. The molecule has 8 heteroatoms. The second-order valence-corrected chi connectivity index (χ2v) is 8.69. The summed E-state index contributed by atoms with van der Waals surface area (Å²) in [5.74, 6) is 2.70. The molecular weight excluding hydrogens is 384 g/mol. The lowest BCUT2D eigenvalue weighted by Crippen LogP contribution is -2.34. The predicted octanol–water partition coefficient (Wildman–Crippen LogP) is 3.25. The number of nitrogens with one attached hydrogen (secondary N) is 1. The smallest absolute Gasteiger partial charge is 0.151 e. The molecule has 1 aliphatic carbocycles. The number of phenolic OH excluding ortho intramolecular Hbond substituents is 1. The van der Waals surface area contributed by atoms with E-state index in [0.29, 0.717) is 17.3 Å². The minimum Gasteiger partial charge on any atom is -0.507 e. The average molecular weight is 409 g/mol. The second kappa shape index (κ2) is 7.68. The van der Waals surface area contributed by atoms with Crippen LogP contribution in [0.2, 0.25) is 0 Å². The van der Waals surface area contributed by atoms with Crippen LogP contribution in [0.1, 0.15) is 25.1 Å². The Morgan fingerprint density at radius 3 is 2.76 bits per heavy atom. The largest absolute Gasteiger partial charge is 0.507 e. The number of hydrogen-bond donors (Lipinski definition) is 2. The minimum absolute atomic E-state index is 0.169. The number of aromatic nitrogens is 4. The van der Waals surface area contributed by atoms with E-state index in [2.05, 4.69) is 29.8 Å². The molecule has 2 aliphatic rings. The maximum Gasteiger partial charge on any atom is 0.151 e. The highest BCUT2D eigenvalue weighted by Gasteiger charge is 2.27. The van der Waals surface area contributed by atoms with Crippen molar-refractivity contribution in [2.45, 2.75) is 32.2 Å². The summed E-state index contributed by atoms with van der Waals surface area (Å²) in [5.41, 5.74) is 2.18. The molecule has 1 aromatic carbocycles. The Balaban J connectivity index is 1.27. The van der Waals surface area contributed by atoms with Gasteiger partial charge in [0.15, 0.2) is 5.82 Å². The molecule has 2 aromatic heterocycles. The molecule has 150 valence electrons. The molecule has 0 amide bonds. The first-order chi connectivity index (χ1) is 14.2. The lowest BCUT2D eigenvalue weighted by molar-refractivity contribution is 0.477. The van der Waals surface area contributed by atoms with Crippen molar-refractivity contribution in [3.8, 4) is 27.6 Å². The summed E-state index contributed by atoms with van der Waals surface area (Å²) >= 11 is 1.33.